The standard InChI is InChI=1S/C17H33N5O2S.HI/c1-21(2)14(23)12-19-16(18-10-11-25-5)20-13-17(8-6-7-9-17)15(24)22(3)4;/h6-13H2,1-5H3,(H2,18,19,20);1H. The number of amides is 2. The fourth-order valence-corrected chi connectivity index (χ4v) is 3.29. The lowest BCUT2D eigenvalue weighted by molar-refractivity contribution is -0.138. The quantitative estimate of drug-likeness (QED) is 0.228. The molecule has 7 nitrogen and oxygen atoms in total. The highest BCUT2D eigenvalue weighted by molar-refractivity contribution is 14.0. The molecular weight excluding hydrogens is 465 g/mol. The van der Waals surface area contributed by atoms with Gasteiger partial charge < -0.3 is 20.4 Å². The topological polar surface area (TPSA) is 77.0 Å². The summed E-state index contributed by atoms with van der Waals surface area (Å²) in [4.78, 5) is 32.0. The normalized spacial score (nSPS) is 15.8. The van der Waals surface area contributed by atoms with Crippen molar-refractivity contribution in [3.63, 3.8) is 0 Å². The first-order valence-corrected chi connectivity index (χ1v) is 10.1. The molecule has 0 aromatic rings. The molecule has 0 bridgehead atoms. The number of nitrogens with zero attached hydrogens (tertiary/aromatic N) is 3. The zero-order valence-electron chi connectivity index (χ0n) is 16.6. The molecule has 1 aliphatic carbocycles. The van der Waals surface area contributed by atoms with Crippen molar-refractivity contribution in [1.29, 1.82) is 0 Å². The molecule has 0 heterocycles. The van der Waals surface area contributed by atoms with E-state index in [0.717, 1.165) is 38.0 Å². The van der Waals surface area contributed by atoms with Crippen LogP contribution in [0.4, 0.5) is 0 Å². The van der Waals surface area contributed by atoms with Crippen LogP contribution in [0.25, 0.3) is 0 Å². The Morgan fingerprint density at radius 1 is 1.08 bits per heavy atom. The van der Waals surface area contributed by atoms with Crippen molar-refractivity contribution in [3.8, 4) is 0 Å². The van der Waals surface area contributed by atoms with E-state index < -0.39 is 0 Å². The van der Waals surface area contributed by atoms with Crippen LogP contribution >= 0.6 is 35.7 Å². The van der Waals surface area contributed by atoms with E-state index in [1.165, 1.54) is 4.90 Å². The monoisotopic (exact) mass is 499 g/mol. The lowest BCUT2D eigenvalue weighted by Crippen LogP contribution is -2.49. The van der Waals surface area contributed by atoms with E-state index in [1.54, 1.807) is 30.8 Å². The second-order valence-electron chi connectivity index (χ2n) is 6.91. The molecule has 1 fully saturated rings. The van der Waals surface area contributed by atoms with Gasteiger partial charge in [0, 0.05) is 47.0 Å². The number of guanidine groups is 1. The van der Waals surface area contributed by atoms with Gasteiger partial charge in [0.05, 0.1) is 5.41 Å². The summed E-state index contributed by atoms with van der Waals surface area (Å²) >= 11 is 1.74. The minimum Gasteiger partial charge on any atom is -0.356 e. The zero-order valence-corrected chi connectivity index (χ0v) is 19.8. The second kappa shape index (κ2) is 12.6. The van der Waals surface area contributed by atoms with Crippen LogP contribution < -0.4 is 10.6 Å². The third-order valence-electron chi connectivity index (χ3n) is 4.48. The molecule has 0 unspecified atom stereocenters. The van der Waals surface area contributed by atoms with Crippen LogP contribution in [0.5, 0.6) is 0 Å². The van der Waals surface area contributed by atoms with Crippen molar-refractivity contribution in [3.05, 3.63) is 0 Å². The zero-order chi connectivity index (χ0) is 18.9. The average molecular weight is 499 g/mol. The molecule has 0 aromatic heterocycles. The first kappa shape index (κ1) is 25.3. The van der Waals surface area contributed by atoms with Gasteiger partial charge in [-0.15, -0.1) is 24.0 Å². The van der Waals surface area contributed by atoms with Crippen LogP contribution in [0.15, 0.2) is 4.99 Å². The highest BCUT2D eigenvalue weighted by Gasteiger charge is 2.42. The number of aliphatic imine (C=N–C) groups is 1. The Bertz CT molecular complexity index is 480. The highest BCUT2D eigenvalue weighted by Crippen LogP contribution is 2.38. The van der Waals surface area contributed by atoms with Gasteiger partial charge in [-0.1, -0.05) is 12.8 Å². The molecule has 1 saturated carbocycles. The predicted octanol–water partition coefficient (Wildman–Crippen LogP) is 1.24. The number of likely N-dealkylation sites (N-methyl/N-ethyl adjacent to an activating group) is 1. The Balaban J connectivity index is 0.00000625. The minimum atomic E-state index is -0.364. The summed E-state index contributed by atoms with van der Waals surface area (Å²) in [6.45, 7) is 1.40. The van der Waals surface area contributed by atoms with Crippen molar-refractivity contribution in [2.24, 2.45) is 10.4 Å². The SMILES string of the molecule is CSCCNC(=NCC(=O)N(C)C)NCC1(C(=O)N(C)C)CCCC1.I. The van der Waals surface area contributed by atoms with Crippen LogP contribution in [0.2, 0.25) is 0 Å². The van der Waals surface area contributed by atoms with Crippen LogP contribution in [0.3, 0.4) is 0 Å². The van der Waals surface area contributed by atoms with Crippen molar-refractivity contribution in [1.82, 2.24) is 20.4 Å². The van der Waals surface area contributed by atoms with Crippen molar-refractivity contribution in [2.75, 3.05) is 59.8 Å². The van der Waals surface area contributed by atoms with E-state index in [1.807, 2.05) is 20.4 Å². The predicted molar refractivity (Wildman–Crippen MR) is 120 cm³/mol. The second-order valence-corrected chi connectivity index (χ2v) is 7.90. The molecule has 0 saturated heterocycles. The van der Waals surface area contributed by atoms with E-state index in [4.69, 9.17) is 0 Å². The van der Waals surface area contributed by atoms with Crippen LogP contribution in [-0.2, 0) is 9.59 Å². The third-order valence-corrected chi connectivity index (χ3v) is 5.10. The number of rotatable bonds is 8. The van der Waals surface area contributed by atoms with Gasteiger partial charge in [0.15, 0.2) is 5.96 Å². The maximum atomic E-state index is 12.7. The molecule has 0 radical (unpaired) electrons. The minimum absolute atomic E-state index is 0. The largest absolute Gasteiger partial charge is 0.356 e. The summed E-state index contributed by atoms with van der Waals surface area (Å²) in [7, 11) is 7.05. The molecule has 152 valence electrons. The highest BCUT2D eigenvalue weighted by atomic mass is 127. The number of hydrogen-bond donors (Lipinski definition) is 2. The van der Waals surface area contributed by atoms with E-state index in [0.29, 0.717) is 12.5 Å². The van der Waals surface area contributed by atoms with Gasteiger partial charge in [-0.2, -0.15) is 11.8 Å². The molecule has 0 aromatic carbocycles. The number of halogens is 1. The van der Waals surface area contributed by atoms with Crippen molar-refractivity contribution >= 4 is 53.5 Å². The first-order valence-electron chi connectivity index (χ1n) is 8.75. The van der Waals surface area contributed by atoms with E-state index in [2.05, 4.69) is 15.6 Å². The van der Waals surface area contributed by atoms with Crippen LogP contribution in [-0.4, -0.2) is 87.4 Å². The fourth-order valence-electron chi connectivity index (χ4n) is 2.98. The average Bonchev–Trinajstić information content (AvgIpc) is 3.05. The van der Waals surface area contributed by atoms with Crippen molar-refractivity contribution in [2.45, 2.75) is 25.7 Å². The van der Waals surface area contributed by atoms with E-state index >= 15 is 0 Å². The van der Waals surface area contributed by atoms with Gasteiger partial charge >= 0.3 is 0 Å². The Hall–Kier alpha value is -0.710. The van der Waals surface area contributed by atoms with Crippen LogP contribution in [0, 0.1) is 5.41 Å². The number of nitrogens with one attached hydrogen (secondary N) is 2. The summed E-state index contributed by atoms with van der Waals surface area (Å²) in [6, 6.07) is 0. The summed E-state index contributed by atoms with van der Waals surface area (Å²) in [5, 5.41) is 6.55. The smallest absolute Gasteiger partial charge is 0.243 e. The molecular formula is C17H34IN5O2S. The Labute approximate surface area is 179 Å². The fraction of sp³-hybridized carbons (Fsp3) is 0.824. The number of thioether (sulfide) groups is 1. The molecule has 9 heteroatoms. The van der Waals surface area contributed by atoms with Crippen LogP contribution in [0.1, 0.15) is 25.7 Å². The van der Waals surface area contributed by atoms with Gasteiger partial charge in [0.25, 0.3) is 0 Å². The molecule has 0 atom stereocenters. The lowest BCUT2D eigenvalue weighted by Gasteiger charge is -2.31. The molecule has 0 aliphatic heterocycles. The molecule has 26 heavy (non-hydrogen) atoms. The summed E-state index contributed by atoms with van der Waals surface area (Å²) in [5.41, 5.74) is -0.364. The first-order chi connectivity index (χ1) is 11.8. The molecule has 2 amide bonds. The van der Waals surface area contributed by atoms with Gasteiger partial charge in [-0.05, 0) is 19.1 Å². The summed E-state index contributed by atoms with van der Waals surface area (Å²) in [6.07, 6.45) is 5.99. The molecule has 1 aliphatic rings. The Kier molecular flexibility index (Phi) is 12.3. The Morgan fingerprint density at radius 2 is 1.69 bits per heavy atom. The maximum absolute atomic E-state index is 12.7. The number of carbonyl (C=O) groups is 2. The Morgan fingerprint density at radius 3 is 2.19 bits per heavy atom. The molecule has 1 rings (SSSR count). The van der Waals surface area contributed by atoms with Gasteiger partial charge in [-0.3, -0.25) is 9.59 Å². The van der Waals surface area contributed by atoms with Gasteiger partial charge in [-0.25, -0.2) is 4.99 Å². The van der Waals surface area contributed by atoms with Gasteiger partial charge in [0.1, 0.15) is 6.54 Å². The molecule has 2 N–H and O–H groups in total. The van der Waals surface area contributed by atoms with Crippen molar-refractivity contribution < 1.29 is 9.59 Å². The van der Waals surface area contributed by atoms with E-state index in [-0.39, 0.29) is 47.8 Å². The number of hydrogen-bond acceptors (Lipinski definition) is 4. The van der Waals surface area contributed by atoms with Gasteiger partial charge in [0.2, 0.25) is 11.8 Å². The number of carbonyl (C=O) groups excluding carboxylic acids is 2. The molecule has 0 spiro atoms. The lowest BCUT2D eigenvalue weighted by atomic mass is 9.84. The van der Waals surface area contributed by atoms with E-state index in [9.17, 15) is 9.59 Å². The summed E-state index contributed by atoms with van der Waals surface area (Å²) in [5.74, 6) is 1.67. The third kappa shape index (κ3) is 7.89. The maximum Gasteiger partial charge on any atom is 0.243 e. The summed E-state index contributed by atoms with van der Waals surface area (Å²) < 4.78 is 0.